The third-order valence-electron chi connectivity index (χ3n) is 3.91. The number of nitrogens with zero attached hydrogens (tertiary/aromatic N) is 2. The lowest BCUT2D eigenvalue weighted by Crippen LogP contribution is -2.28. The molecule has 0 saturated heterocycles. The van der Waals surface area contributed by atoms with Crippen LogP contribution in [0.4, 0.5) is 0 Å². The molecule has 0 saturated carbocycles. The highest BCUT2D eigenvalue weighted by Gasteiger charge is 2.13. The summed E-state index contributed by atoms with van der Waals surface area (Å²) in [7, 11) is 0. The number of amides is 1. The van der Waals surface area contributed by atoms with Gasteiger partial charge < -0.3 is 10.1 Å². The highest BCUT2D eigenvalue weighted by Crippen LogP contribution is 2.23. The summed E-state index contributed by atoms with van der Waals surface area (Å²) >= 11 is 1.52. The molecule has 27 heavy (non-hydrogen) atoms. The van der Waals surface area contributed by atoms with Gasteiger partial charge in [-0.05, 0) is 50.6 Å². The molecule has 0 bridgehead atoms. The second-order valence-corrected chi connectivity index (χ2v) is 7.45. The molecule has 2 aromatic heterocycles. The molecule has 5 nitrogen and oxygen atoms in total. The first-order valence-electron chi connectivity index (χ1n) is 8.92. The van der Waals surface area contributed by atoms with E-state index in [0.29, 0.717) is 0 Å². The van der Waals surface area contributed by atoms with E-state index < -0.39 is 0 Å². The number of nitrogens with one attached hydrogen (secondary N) is 1. The molecule has 2 heterocycles. The molecule has 6 heteroatoms. The smallest absolute Gasteiger partial charge is 0.226 e. The molecule has 0 spiro atoms. The average molecular weight is 382 g/mol. The third-order valence-corrected chi connectivity index (χ3v) is 4.85. The van der Waals surface area contributed by atoms with E-state index in [1.165, 1.54) is 11.3 Å². The summed E-state index contributed by atoms with van der Waals surface area (Å²) in [5.74, 6) is 0.755. The minimum absolute atomic E-state index is 0.0549. The lowest BCUT2D eigenvalue weighted by atomic mass is 10.1. The number of ether oxygens (including phenoxy) is 1. The Morgan fingerprint density at radius 3 is 2.81 bits per heavy atom. The van der Waals surface area contributed by atoms with Gasteiger partial charge in [-0.2, -0.15) is 0 Å². The fourth-order valence-electron chi connectivity index (χ4n) is 2.68. The minimum atomic E-state index is -0.107. The van der Waals surface area contributed by atoms with Crippen molar-refractivity contribution in [3.05, 3.63) is 65.4 Å². The minimum Gasteiger partial charge on any atom is -0.491 e. The van der Waals surface area contributed by atoms with E-state index in [-0.39, 0.29) is 24.5 Å². The van der Waals surface area contributed by atoms with Crippen LogP contribution in [0.3, 0.4) is 0 Å². The first kappa shape index (κ1) is 19.0. The van der Waals surface area contributed by atoms with Crippen LogP contribution in [0, 0.1) is 0 Å². The Kier molecular flexibility index (Phi) is 6.19. The quantitative estimate of drug-likeness (QED) is 0.658. The molecule has 140 valence electrons. The van der Waals surface area contributed by atoms with Gasteiger partial charge in [0.25, 0.3) is 0 Å². The molecule has 1 aromatic carbocycles. The molecular weight excluding hydrogens is 358 g/mol. The van der Waals surface area contributed by atoms with Crippen molar-refractivity contribution in [1.82, 2.24) is 15.3 Å². The lowest BCUT2D eigenvalue weighted by molar-refractivity contribution is -0.121. The Morgan fingerprint density at radius 2 is 2.07 bits per heavy atom. The number of benzene rings is 1. The molecule has 0 radical (unpaired) electrons. The van der Waals surface area contributed by atoms with Crippen molar-refractivity contribution < 1.29 is 9.53 Å². The lowest BCUT2D eigenvalue weighted by Gasteiger charge is -2.16. The SMILES string of the molecule is CC(C)Oc1cccc(C(C)NC(=O)Cc2csc(-c3cccnc3)n2)c1. The van der Waals surface area contributed by atoms with Crippen molar-refractivity contribution >= 4 is 17.2 Å². The summed E-state index contributed by atoms with van der Waals surface area (Å²) in [5, 5.41) is 5.83. The van der Waals surface area contributed by atoms with Gasteiger partial charge in [-0.15, -0.1) is 11.3 Å². The summed E-state index contributed by atoms with van der Waals surface area (Å²) in [6.45, 7) is 5.95. The third kappa shape index (κ3) is 5.37. The summed E-state index contributed by atoms with van der Waals surface area (Å²) < 4.78 is 5.72. The zero-order valence-electron chi connectivity index (χ0n) is 15.7. The molecule has 3 rings (SSSR count). The van der Waals surface area contributed by atoms with Crippen LogP contribution < -0.4 is 10.1 Å². The van der Waals surface area contributed by atoms with Crippen molar-refractivity contribution in [2.45, 2.75) is 39.3 Å². The predicted molar refractivity (Wildman–Crippen MR) is 108 cm³/mol. The van der Waals surface area contributed by atoms with Crippen molar-refractivity contribution in [3.8, 4) is 16.3 Å². The maximum Gasteiger partial charge on any atom is 0.226 e. The van der Waals surface area contributed by atoms with Crippen LogP contribution in [-0.2, 0) is 11.2 Å². The molecular formula is C21H23N3O2S. The topological polar surface area (TPSA) is 64.1 Å². The second-order valence-electron chi connectivity index (χ2n) is 6.59. The van der Waals surface area contributed by atoms with Crippen LogP contribution in [0.5, 0.6) is 5.75 Å². The average Bonchev–Trinajstić information content (AvgIpc) is 3.10. The van der Waals surface area contributed by atoms with Crippen LogP contribution in [0.25, 0.3) is 10.6 Å². The van der Waals surface area contributed by atoms with Gasteiger partial charge in [-0.3, -0.25) is 9.78 Å². The zero-order valence-corrected chi connectivity index (χ0v) is 16.5. The molecule has 1 unspecified atom stereocenters. The van der Waals surface area contributed by atoms with Gasteiger partial charge >= 0.3 is 0 Å². The molecule has 0 fully saturated rings. The summed E-state index contributed by atoms with van der Waals surface area (Å²) in [6.07, 6.45) is 3.87. The summed E-state index contributed by atoms with van der Waals surface area (Å²) in [5.41, 5.74) is 2.74. The van der Waals surface area contributed by atoms with Crippen LogP contribution >= 0.6 is 11.3 Å². The predicted octanol–water partition coefficient (Wildman–Crippen LogP) is 4.41. The van der Waals surface area contributed by atoms with Gasteiger partial charge in [0.05, 0.1) is 24.3 Å². The summed E-state index contributed by atoms with van der Waals surface area (Å²) in [6, 6.07) is 11.6. The number of hydrogen-bond donors (Lipinski definition) is 1. The first-order chi connectivity index (χ1) is 13.0. The van der Waals surface area contributed by atoms with E-state index in [9.17, 15) is 4.79 Å². The number of thiazole rings is 1. The molecule has 1 amide bonds. The van der Waals surface area contributed by atoms with Gasteiger partial charge in [0.1, 0.15) is 10.8 Å². The van der Waals surface area contributed by atoms with Crippen LogP contribution in [-0.4, -0.2) is 22.0 Å². The van der Waals surface area contributed by atoms with Crippen molar-refractivity contribution in [3.63, 3.8) is 0 Å². The highest BCUT2D eigenvalue weighted by molar-refractivity contribution is 7.13. The molecule has 1 atom stereocenters. The van der Waals surface area contributed by atoms with Crippen LogP contribution in [0.1, 0.15) is 38.1 Å². The van der Waals surface area contributed by atoms with Gasteiger partial charge in [0.15, 0.2) is 0 Å². The fourth-order valence-corrected chi connectivity index (χ4v) is 3.49. The number of hydrogen-bond acceptors (Lipinski definition) is 5. The molecule has 0 aliphatic heterocycles. The standard InChI is InChI=1S/C21H23N3O2S/c1-14(2)26-19-8-4-6-16(10-19)15(3)23-20(25)11-18-13-27-21(24-18)17-7-5-9-22-12-17/h4-10,12-15H,11H2,1-3H3,(H,23,25). The number of carbonyl (C=O) groups excluding carboxylic acids is 1. The Labute approximate surface area is 163 Å². The van der Waals surface area contributed by atoms with E-state index in [4.69, 9.17) is 4.74 Å². The fraction of sp³-hybridized carbons (Fsp3) is 0.286. The number of pyridine rings is 1. The highest BCUT2D eigenvalue weighted by atomic mass is 32.1. The van der Waals surface area contributed by atoms with E-state index >= 15 is 0 Å². The van der Waals surface area contributed by atoms with Crippen LogP contribution in [0.2, 0.25) is 0 Å². The van der Waals surface area contributed by atoms with E-state index in [1.807, 2.05) is 62.5 Å². The van der Waals surface area contributed by atoms with E-state index in [2.05, 4.69) is 15.3 Å². The maximum atomic E-state index is 12.4. The first-order valence-corrected chi connectivity index (χ1v) is 9.80. The Morgan fingerprint density at radius 1 is 1.22 bits per heavy atom. The molecule has 1 N–H and O–H groups in total. The van der Waals surface area contributed by atoms with Crippen molar-refractivity contribution in [2.75, 3.05) is 0 Å². The van der Waals surface area contributed by atoms with Crippen molar-refractivity contribution in [1.29, 1.82) is 0 Å². The van der Waals surface area contributed by atoms with Crippen LogP contribution in [0.15, 0.2) is 54.2 Å². The Balaban J connectivity index is 1.60. The largest absolute Gasteiger partial charge is 0.491 e. The normalized spacial score (nSPS) is 12.0. The summed E-state index contributed by atoms with van der Waals surface area (Å²) in [4.78, 5) is 21.1. The molecule has 0 aliphatic carbocycles. The van der Waals surface area contributed by atoms with Gasteiger partial charge in [0.2, 0.25) is 5.91 Å². The molecule has 3 aromatic rings. The number of rotatable bonds is 7. The van der Waals surface area contributed by atoms with E-state index in [1.54, 1.807) is 12.4 Å². The monoisotopic (exact) mass is 381 g/mol. The Bertz CT molecular complexity index is 893. The Hall–Kier alpha value is -2.73. The van der Waals surface area contributed by atoms with Gasteiger partial charge in [0, 0.05) is 23.3 Å². The zero-order chi connectivity index (χ0) is 19.2. The number of carbonyl (C=O) groups is 1. The molecule has 0 aliphatic rings. The second kappa shape index (κ2) is 8.77. The number of aromatic nitrogens is 2. The van der Waals surface area contributed by atoms with Gasteiger partial charge in [-0.1, -0.05) is 12.1 Å². The van der Waals surface area contributed by atoms with Gasteiger partial charge in [-0.25, -0.2) is 4.98 Å². The van der Waals surface area contributed by atoms with E-state index in [0.717, 1.165) is 27.6 Å². The maximum absolute atomic E-state index is 12.4. The van der Waals surface area contributed by atoms with Crippen molar-refractivity contribution in [2.24, 2.45) is 0 Å².